The summed E-state index contributed by atoms with van der Waals surface area (Å²) in [4.78, 5) is 5.70. The molecule has 0 aliphatic rings. The Morgan fingerprint density at radius 1 is 1.29 bits per heavy atom. The zero-order chi connectivity index (χ0) is 13.0. The Kier molecular flexibility index (Phi) is 5.56. The monoisotopic (exact) mass is 256 g/mol. The number of hydrogen-bond acceptors (Lipinski definition) is 4. The first-order valence-electron chi connectivity index (χ1n) is 6.25. The van der Waals surface area contributed by atoms with Gasteiger partial charge in [-0.1, -0.05) is 13.8 Å². The molecular weight excluding hydrogens is 232 g/mol. The van der Waals surface area contributed by atoms with Crippen LogP contribution >= 0.6 is 11.3 Å². The third-order valence-corrected chi connectivity index (χ3v) is 3.99. The zero-order valence-corrected chi connectivity index (χ0v) is 12.3. The average molecular weight is 256 g/mol. The molecule has 2 unspecified atom stereocenters. The van der Waals surface area contributed by atoms with Gasteiger partial charge in [-0.3, -0.25) is 0 Å². The molecule has 0 saturated heterocycles. The van der Waals surface area contributed by atoms with Crippen molar-refractivity contribution in [3.63, 3.8) is 0 Å². The average Bonchev–Trinajstić information content (AvgIpc) is 2.53. The van der Waals surface area contributed by atoms with Crippen LogP contribution in [-0.4, -0.2) is 22.7 Å². The van der Waals surface area contributed by atoms with Gasteiger partial charge in [0.25, 0.3) is 0 Å². The minimum atomic E-state index is -0.258. The van der Waals surface area contributed by atoms with Crippen LogP contribution in [0.4, 0.5) is 0 Å². The van der Waals surface area contributed by atoms with Gasteiger partial charge in [-0.15, -0.1) is 11.3 Å². The van der Waals surface area contributed by atoms with Crippen molar-refractivity contribution in [1.82, 2.24) is 10.3 Å². The molecule has 2 atom stereocenters. The molecule has 0 fully saturated rings. The maximum absolute atomic E-state index is 9.82. The van der Waals surface area contributed by atoms with E-state index in [9.17, 15) is 5.11 Å². The third-order valence-electron chi connectivity index (χ3n) is 2.74. The van der Waals surface area contributed by atoms with Gasteiger partial charge in [-0.05, 0) is 33.1 Å². The summed E-state index contributed by atoms with van der Waals surface area (Å²) in [6.45, 7) is 11.1. The second-order valence-electron chi connectivity index (χ2n) is 5.10. The van der Waals surface area contributed by atoms with Gasteiger partial charge in [0.05, 0.1) is 16.8 Å². The van der Waals surface area contributed by atoms with Gasteiger partial charge < -0.3 is 10.4 Å². The Labute approximate surface area is 108 Å². The van der Waals surface area contributed by atoms with Crippen LogP contribution in [0.1, 0.15) is 48.8 Å². The van der Waals surface area contributed by atoms with E-state index in [-0.39, 0.29) is 12.1 Å². The summed E-state index contributed by atoms with van der Waals surface area (Å²) in [7, 11) is 0. The number of aliphatic hydroxyl groups excluding tert-OH is 1. The molecule has 1 heterocycles. The van der Waals surface area contributed by atoms with E-state index in [2.05, 4.69) is 31.1 Å². The van der Waals surface area contributed by atoms with Crippen LogP contribution in [0.15, 0.2) is 0 Å². The van der Waals surface area contributed by atoms with Gasteiger partial charge in [0.2, 0.25) is 0 Å². The molecule has 3 nitrogen and oxygen atoms in total. The molecule has 0 amide bonds. The Balaban J connectivity index is 2.44. The van der Waals surface area contributed by atoms with E-state index in [0.717, 1.165) is 17.1 Å². The summed E-state index contributed by atoms with van der Waals surface area (Å²) in [6, 6.07) is 0.267. The molecule has 0 saturated carbocycles. The van der Waals surface area contributed by atoms with Crippen molar-refractivity contribution in [2.24, 2.45) is 5.92 Å². The van der Waals surface area contributed by atoms with Gasteiger partial charge in [0.15, 0.2) is 0 Å². The summed E-state index contributed by atoms with van der Waals surface area (Å²) < 4.78 is 0. The fourth-order valence-corrected chi connectivity index (χ4v) is 2.94. The molecule has 0 aliphatic carbocycles. The van der Waals surface area contributed by atoms with Crippen LogP contribution in [0.3, 0.4) is 0 Å². The molecule has 0 radical (unpaired) electrons. The van der Waals surface area contributed by atoms with Crippen molar-refractivity contribution < 1.29 is 5.11 Å². The van der Waals surface area contributed by atoms with Gasteiger partial charge in [-0.25, -0.2) is 4.98 Å². The maximum atomic E-state index is 9.82. The highest BCUT2D eigenvalue weighted by molar-refractivity contribution is 7.11. The van der Waals surface area contributed by atoms with E-state index < -0.39 is 0 Å². The van der Waals surface area contributed by atoms with Gasteiger partial charge in [-0.2, -0.15) is 0 Å². The predicted octanol–water partition coefficient (Wildman–Crippen LogP) is 2.82. The normalized spacial score (nSPS) is 15.2. The van der Waals surface area contributed by atoms with Crippen LogP contribution in [0.25, 0.3) is 0 Å². The Bertz CT molecular complexity index is 349. The fraction of sp³-hybridized carbons (Fsp3) is 0.769. The lowest BCUT2D eigenvalue weighted by Gasteiger charge is -2.17. The van der Waals surface area contributed by atoms with Crippen molar-refractivity contribution in [2.45, 2.75) is 53.2 Å². The minimum Gasteiger partial charge on any atom is -0.392 e. The third kappa shape index (κ3) is 4.74. The van der Waals surface area contributed by atoms with Crippen LogP contribution in [0, 0.1) is 19.8 Å². The van der Waals surface area contributed by atoms with Crippen LogP contribution < -0.4 is 5.32 Å². The summed E-state index contributed by atoms with van der Waals surface area (Å²) in [5, 5.41) is 14.3. The van der Waals surface area contributed by atoms with Crippen molar-refractivity contribution in [3.05, 3.63) is 15.6 Å². The molecule has 1 aromatic rings. The van der Waals surface area contributed by atoms with Gasteiger partial charge in [0.1, 0.15) is 0 Å². The molecule has 0 aliphatic heterocycles. The molecule has 0 spiro atoms. The van der Waals surface area contributed by atoms with Crippen molar-refractivity contribution in [1.29, 1.82) is 0 Å². The number of aliphatic hydroxyl groups is 1. The Hall–Kier alpha value is -0.450. The SMILES string of the molecule is Cc1nc(C)c(C(C)NCC(O)CC(C)C)s1. The highest BCUT2D eigenvalue weighted by Crippen LogP contribution is 2.24. The van der Waals surface area contributed by atoms with Crippen molar-refractivity contribution in [2.75, 3.05) is 6.54 Å². The lowest BCUT2D eigenvalue weighted by molar-refractivity contribution is 0.143. The first-order chi connectivity index (χ1) is 7.90. The number of aryl methyl sites for hydroxylation is 2. The molecule has 1 rings (SSSR count). The van der Waals surface area contributed by atoms with E-state index in [1.54, 1.807) is 11.3 Å². The number of thiazole rings is 1. The summed E-state index contributed by atoms with van der Waals surface area (Å²) >= 11 is 1.73. The molecule has 17 heavy (non-hydrogen) atoms. The highest BCUT2D eigenvalue weighted by Gasteiger charge is 2.14. The molecule has 2 N–H and O–H groups in total. The number of aromatic nitrogens is 1. The van der Waals surface area contributed by atoms with E-state index in [0.29, 0.717) is 12.5 Å². The molecule has 0 bridgehead atoms. The highest BCUT2D eigenvalue weighted by atomic mass is 32.1. The fourth-order valence-electron chi connectivity index (χ4n) is 1.98. The molecule has 98 valence electrons. The topological polar surface area (TPSA) is 45.2 Å². The summed E-state index contributed by atoms with van der Waals surface area (Å²) in [5.41, 5.74) is 1.10. The van der Waals surface area contributed by atoms with E-state index >= 15 is 0 Å². The number of rotatable bonds is 6. The minimum absolute atomic E-state index is 0.258. The van der Waals surface area contributed by atoms with Crippen molar-refractivity contribution >= 4 is 11.3 Å². The second-order valence-corrected chi connectivity index (χ2v) is 6.33. The number of nitrogens with one attached hydrogen (secondary N) is 1. The maximum Gasteiger partial charge on any atom is 0.0900 e. The van der Waals surface area contributed by atoms with E-state index in [4.69, 9.17) is 0 Å². The molecule has 4 heteroatoms. The number of hydrogen-bond donors (Lipinski definition) is 2. The van der Waals surface area contributed by atoms with E-state index in [1.165, 1.54) is 4.88 Å². The largest absolute Gasteiger partial charge is 0.392 e. The molecule has 1 aromatic heterocycles. The van der Waals surface area contributed by atoms with Crippen molar-refractivity contribution in [3.8, 4) is 0 Å². The first-order valence-corrected chi connectivity index (χ1v) is 7.07. The predicted molar refractivity (Wildman–Crippen MR) is 73.5 cm³/mol. The molecule has 0 aromatic carbocycles. The van der Waals surface area contributed by atoms with Crippen LogP contribution in [0.2, 0.25) is 0 Å². The Morgan fingerprint density at radius 3 is 2.41 bits per heavy atom. The zero-order valence-electron chi connectivity index (χ0n) is 11.4. The summed E-state index contributed by atoms with van der Waals surface area (Å²) in [6.07, 6.45) is 0.590. The van der Waals surface area contributed by atoms with Crippen LogP contribution in [-0.2, 0) is 0 Å². The standard InChI is InChI=1S/C13H24N2OS/c1-8(2)6-12(16)7-14-9(3)13-10(4)15-11(5)17-13/h8-9,12,14,16H,6-7H2,1-5H3. The van der Waals surface area contributed by atoms with E-state index in [1.807, 2.05) is 13.8 Å². The smallest absolute Gasteiger partial charge is 0.0900 e. The second kappa shape index (κ2) is 6.47. The van der Waals surface area contributed by atoms with Gasteiger partial charge >= 0.3 is 0 Å². The summed E-state index contributed by atoms with van der Waals surface area (Å²) in [5.74, 6) is 0.537. The first kappa shape index (κ1) is 14.6. The quantitative estimate of drug-likeness (QED) is 0.822. The lowest BCUT2D eigenvalue weighted by Crippen LogP contribution is -2.29. The van der Waals surface area contributed by atoms with Gasteiger partial charge in [0, 0.05) is 17.5 Å². The van der Waals surface area contributed by atoms with Crippen LogP contribution in [0.5, 0.6) is 0 Å². The Morgan fingerprint density at radius 2 is 1.94 bits per heavy atom. The number of nitrogens with zero attached hydrogens (tertiary/aromatic N) is 1. The lowest BCUT2D eigenvalue weighted by atomic mass is 10.1. The molecular formula is C13H24N2OS.